The molecule has 0 radical (unpaired) electrons. The van der Waals surface area contributed by atoms with E-state index in [-0.39, 0.29) is 5.82 Å². The van der Waals surface area contributed by atoms with E-state index < -0.39 is 5.97 Å². The van der Waals surface area contributed by atoms with Crippen LogP contribution in [0.4, 0.5) is 4.39 Å². The molecule has 1 aromatic carbocycles. The highest BCUT2D eigenvalue weighted by Crippen LogP contribution is 2.27. The number of aromatic carboxylic acids is 1. The lowest BCUT2D eigenvalue weighted by atomic mass is 10.1. The molecule has 0 unspecified atom stereocenters. The van der Waals surface area contributed by atoms with Crippen molar-refractivity contribution < 1.29 is 14.3 Å². The molecular weight excluding hydrogens is 257 g/mol. The molecule has 1 aromatic heterocycles. The van der Waals surface area contributed by atoms with Gasteiger partial charge in [-0.15, -0.1) is 0 Å². The molecule has 0 aliphatic carbocycles. The van der Waals surface area contributed by atoms with E-state index in [1.165, 1.54) is 12.1 Å². The number of halogens is 1. The highest BCUT2D eigenvalue weighted by atomic mass is 19.1. The third-order valence-electron chi connectivity index (χ3n) is 3.28. The fraction of sp³-hybridized carbons (Fsp3) is 0.312. The van der Waals surface area contributed by atoms with E-state index in [1.807, 2.05) is 4.57 Å². The fourth-order valence-corrected chi connectivity index (χ4v) is 2.32. The van der Waals surface area contributed by atoms with Crippen LogP contribution in [0.1, 0.15) is 29.9 Å². The molecular formula is C16H18FNO2. The van der Waals surface area contributed by atoms with E-state index in [2.05, 4.69) is 13.8 Å². The van der Waals surface area contributed by atoms with Crippen LogP contribution in [0.25, 0.3) is 11.3 Å². The Kier molecular flexibility index (Phi) is 3.93. The van der Waals surface area contributed by atoms with Crippen LogP contribution in [-0.2, 0) is 6.54 Å². The smallest absolute Gasteiger partial charge is 0.337 e. The second-order valence-corrected chi connectivity index (χ2v) is 5.35. The van der Waals surface area contributed by atoms with Crippen LogP contribution in [0, 0.1) is 18.7 Å². The van der Waals surface area contributed by atoms with Crippen molar-refractivity contribution in [2.75, 3.05) is 0 Å². The van der Waals surface area contributed by atoms with Crippen molar-refractivity contribution in [3.05, 3.63) is 47.4 Å². The average molecular weight is 275 g/mol. The maximum absolute atomic E-state index is 13.0. The molecule has 0 atom stereocenters. The summed E-state index contributed by atoms with van der Waals surface area (Å²) in [6.45, 7) is 6.69. The molecule has 0 fully saturated rings. The minimum absolute atomic E-state index is 0.296. The second-order valence-electron chi connectivity index (χ2n) is 5.35. The third-order valence-corrected chi connectivity index (χ3v) is 3.28. The Hall–Kier alpha value is -2.10. The number of aromatic nitrogens is 1. The zero-order valence-electron chi connectivity index (χ0n) is 11.9. The first-order valence-corrected chi connectivity index (χ1v) is 6.59. The first-order valence-electron chi connectivity index (χ1n) is 6.59. The summed E-state index contributed by atoms with van der Waals surface area (Å²) in [7, 11) is 0. The number of hydrogen-bond donors (Lipinski definition) is 1. The molecule has 1 N–H and O–H groups in total. The van der Waals surface area contributed by atoms with Crippen LogP contribution in [0.5, 0.6) is 0 Å². The van der Waals surface area contributed by atoms with Gasteiger partial charge in [0.1, 0.15) is 5.82 Å². The number of hydrogen-bond acceptors (Lipinski definition) is 1. The average Bonchev–Trinajstić information content (AvgIpc) is 2.68. The van der Waals surface area contributed by atoms with Crippen molar-refractivity contribution in [2.24, 2.45) is 5.92 Å². The normalized spacial score (nSPS) is 11.1. The van der Waals surface area contributed by atoms with Gasteiger partial charge in [0.2, 0.25) is 0 Å². The summed E-state index contributed by atoms with van der Waals surface area (Å²) in [5.41, 5.74) is 2.66. The standard InChI is InChI=1S/C16H18FNO2/c1-10(2)9-18-11(3)14(16(19)20)8-15(18)12-4-6-13(17)7-5-12/h4-8,10H,9H2,1-3H3,(H,19,20). The van der Waals surface area contributed by atoms with Gasteiger partial charge in [-0.05, 0) is 48.7 Å². The second kappa shape index (κ2) is 5.49. The lowest BCUT2D eigenvalue weighted by Crippen LogP contribution is -2.09. The van der Waals surface area contributed by atoms with Gasteiger partial charge in [0.05, 0.1) is 5.56 Å². The van der Waals surface area contributed by atoms with Crippen molar-refractivity contribution in [1.29, 1.82) is 0 Å². The van der Waals surface area contributed by atoms with Gasteiger partial charge < -0.3 is 9.67 Å². The molecule has 2 rings (SSSR count). The predicted molar refractivity (Wildman–Crippen MR) is 76.4 cm³/mol. The third kappa shape index (κ3) is 2.74. The van der Waals surface area contributed by atoms with Crippen molar-refractivity contribution in [3.63, 3.8) is 0 Å². The number of carboxylic acids is 1. The molecule has 0 spiro atoms. The van der Waals surface area contributed by atoms with E-state index in [0.29, 0.717) is 11.5 Å². The Morgan fingerprint density at radius 1 is 1.30 bits per heavy atom. The summed E-state index contributed by atoms with van der Waals surface area (Å²) in [6, 6.07) is 7.78. The monoisotopic (exact) mass is 275 g/mol. The number of nitrogens with zero attached hydrogens (tertiary/aromatic N) is 1. The molecule has 0 bridgehead atoms. The molecule has 4 heteroatoms. The van der Waals surface area contributed by atoms with Crippen molar-refractivity contribution in [2.45, 2.75) is 27.3 Å². The number of carbonyl (C=O) groups is 1. The van der Waals surface area contributed by atoms with Crippen LogP contribution in [0.15, 0.2) is 30.3 Å². The summed E-state index contributed by atoms with van der Waals surface area (Å²) >= 11 is 0. The maximum atomic E-state index is 13.0. The Morgan fingerprint density at radius 2 is 1.90 bits per heavy atom. The quantitative estimate of drug-likeness (QED) is 0.917. The van der Waals surface area contributed by atoms with Gasteiger partial charge in [-0.25, -0.2) is 9.18 Å². The lowest BCUT2D eigenvalue weighted by Gasteiger charge is -2.14. The number of rotatable bonds is 4. The van der Waals surface area contributed by atoms with Gasteiger partial charge in [-0.1, -0.05) is 13.8 Å². The molecule has 106 valence electrons. The van der Waals surface area contributed by atoms with Crippen LogP contribution in [0.2, 0.25) is 0 Å². The summed E-state index contributed by atoms with van der Waals surface area (Å²) < 4.78 is 15.0. The van der Waals surface area contributed by atoms with Crippen LogP contribution in [-0.4, -0.2) is 15.6 Å². The molecule has 0 saturated carbocycles. The fourth-order valence-electron chi connectivity index (χ4n) is 2.32. The first-order chi connectivity index (χ1) is 9.40. The van der Waals surface area contributed by atoms with Crippen LogP contribution >= 0.6 is 0 Å². The van der Waals surface area contributed by atoms with E-state index >= 15 is 0 Å². The molecule has 0 aliphatic rings. The summed E-state index contributed by atoms with van der Waals surface area (Å²) in [5.74, 6) is -0.846. The van der Waals surface area contributed by atoms with Gasteiger partial charge in [-0.3, -0.25) is 0 Å². The van der Waals surface area contributed by atoms with Crippen LogP contribution in [0.3, 0.4) is 0 Å². The Morgan fingerprint density at radius 3 is 2.40 bits per heavy atom. The predicted octanol–water partition coefficient (Wildman–Crippen LogP) is 3.96. The van der Waals surface area contributed by atoms with E-state index in [0.717, 1.165) is 23.5 Å². The molecule has 0 aliphatic heterocycles. The van der Waals surface area contributed by atoms with Gasteiger partial charge in [-0.2, -0.15) is 0 Å². The van der Waals surface area contributed by atoms with E-state index in [1.54, 1.807) is 25.1 Å². The highest BCUT2D eigenvalue weighted by Gasteiger charge is 2.18. The molecule has 0 amide bonds. The van der Waals surface area contributed by atoms with Gasteiger partial charge in [0, 0.05) is 17.9 Å². The van der Waals surface area contributed by atoms with Gasteiger partial charge >= 0.3 is 5.97 Å². The number of carboxylic acid groups (broad SMARTS) is 1. The van der Waals surface area contributed by atoms with Crippen LogP contribution < -0.4 is 0 Å². The minimum atomic E-state index is -0.937. The summed E-state index contributed by atoms with van der Waals surface area (Å²) in [6.07, 6.45) is 0. The first kappa shape index (κ1) is 14.3. The Labute approximate surface area is 117 Å². The molecule has 2 aromatic rings. The maximum Gasteiger partial charge on any atom is 0.337 e. The van der Waals surface area contributed by atoms with Crippen molar-refractivity contribution >= 4 is 5.97 Å². The largest absolute Gasteiger partial charge is 0.478 e. The molecule has 0 saturated heterocycles. The zero-order valence-corrected chi connectivity index (χ0v) is 11.9. The zero-order chi connectivity index (χ0) is 14.9. The lowest BCUT2D eigenvalue weighted by molar-refractivity contribution is 0.0696. The van der Waals surface area contributed by atoms with Gasteiger partial charge in [0.25, 0.3) is 0 Å². The van der Waals surface area contributed by atoms with Gasteiger partial charge in [0.15, 0.2) is 0 Å². The SMILES string of the molecule is Cc1c(C(=O)O)cc(-c2ccc(F)cc2)n1CC(C)C. The topological polar surface area (TPSA) is 42.2 Å². The Bertz CT molecular complexity index is 627. The summed E-state index contributed by atoms with van der Waals surface area (Å²) in [5, 5.41) is 9.26. The van der Waals surface area contributed by atoms with Crippen molar-refractivity contribution in [3.8, 4) is 11.3 Å². The molecule has 3 nitrogen and oxygen atoms in total. The van der Waals surface area contributed by atoms with E-state index in [4.69, 9.17) is 0 Å². The molecule has 1 heterocycles. The summed E-state index contributed by atoms with van der Waals surface area (Å²) in [4.78, 5) is 11.3. The highest BCUT2D eigenvalue weighted by molar-refractivity contribution is 5.91. The Balaban J connectivity index is 2.58. The van der Waals surface area contributed by atoms with E-state index in [9.17, 15) is 14.3 Å². The number of benzene rings is 1. The minimum Gasteiger partial charge on any atom is -0.478 e. The van der Waals surface area contributed by atoms with Crippen molar-refractivity contribution in [1.82, 2.24) is 4.57 Å². The molecule has 20 heavy (non-hydrogen) atoms.